The Morgan fingerprint density at radius 2 is 1.46 bits per heavy atom. The van der Waals surface area contributed by atoms with E-state index in [1.807, 2.05) is 0 Å². The van der Waals surface area contributed by atoms with Crippen molar-refractivity contribution in [3.63, 3.8) is 0 Å². The lowest BCUT2D eigenvalue weighted by Crippen LogP contribution is -2.27. The average molecular weight is 381 g/mol. The fraction of sp³-hybridized carbons (Fsp3) is 0.278. The number of ether oxygens (including phenoxy) is 4. The molecule has 0 atom stereocenters. The number of nitrogen functional groups attached to an aromatic ring is 1. The SMILES string of the molecule is COc1cc(N)c(Cl)cc1C(=O)N(C)c1cc(OC)c(OC)c(OC)c1. The maximum absolute atomic E-state index is 13.0. The van der Waals surface area contributed by atoms with Crippen molar-refractivity contribution in [2.45, 2.75) is 0 Å². The minimum absolute atomic E-state index is 0.271. The number of anilines is 2. The Hall–Kier alpha value is -2.80. The van der Waals surface area contributed by atoms with Gasteiger partial charge in [-0.1, -0.05) is 11.6 Å². The van der Waals surface area contributed by atoms with Gasteiger partial charge in [0.2, 0.25) is 5.75 Å². The van der Waals surface area contributed by atoms with E-state index in [0.717, 1.165) is 0 Å². The van der Waals surface area contributed by atoms with E-state index in [2.05, 4.69) is 0 Å². The van der Waals surface area contributed by atoms with Crippen molar-refractivity contribution >= 4 is 28.9 Å². The molecule has 26 heavy (non-hydrogen) atoms. The average Bonchev–Trinajstić information content (AvgIpc) is 2.67. The topological polar surface area (TPSA) is 83.3 Å². The minimum Gasteiger partial charge on any atom is -0.496 e. The number of amides is 1. The molecule has 0 spiro atoms. The summed E-state index contributed by atoms with van der Waals surface area (Å²) in [6, 6.07) is 6.33. The molecule has 0 aliphatic heterocycles. The molecule has 2 N–H and O–H groups in total. The number of hydrogen-bond acceptors (Lipinski definition) is 6. The van der Waals surface area contributed by atoms with Crippen molar-refractivity contribution < 1.29 is 23.7 Å². The lowest BCUT2D eigenvalue weighted by atomic mass is 10.1. The van der Waals surface area contributed by atoms with Crippen LogP contribution in [-0.2, 0) is 0 Å². The Morgan fingerprint density at radius 1 is 0.923 bits per heavy atom. The van der Waals surface area contributed by atoms with Crippen LogP contribution in [0, 0.1) is 0 Å². The zero-order valence-corrected chi connectivity index (χ0v) is 16.0. The molecule has 0 radical (unpaired) electrons. The van der Waals surface area contributed by atoms with Crippen LogP contribution in [0.15, 0.2) is 24.3 Å². The number of benzene rings is 2. The van der Waals surface area contributed by atoms with E-state index in [9.17, 15) is 4.79 Å². The summed E-state index contributed by atoms with van der Waals surface area (Å²) in [7, 11) is 7.60. The summed E-state index contributed by atoms with van der Waals surface area (Å²) in [5.74, 6) is 1.30. The summed E-state index contributed by atoms with van der Waals surface area (Å²) in [6.07, 6.45) is 0. The Bertz CT molecular complexity index is 800. The third kappa shape index (κ3) is 3.57. The number of methoxy groups -OCH3 is 4. The highest BCUT2D eigenvalue weighted by atomic mass is 35.5. The van der Waals surface area contributed by atoms with Crippen LogP contribution in [0.2, 0.25) is 5.02 Å². The highest BCUT2D eigenvalue weighted by Crippen LogP contribution is 2.41. The van der Waals surface area contributed by atoms with Crippen molar-refractivity contribution in [2.75, 3.05) is 46.1 Å². The van der Waals surface area contributed by atoms with Gasteiger partial charge < -0.3 is 29.6 Å². The monoisotopic (exact) mass is 380 g/mol. The Labute approximate surface area is 157 Å². The Morgan fingerprint density at radius 3 is 1.92 bits per heavy atom. The van der Waals surface area contributed by atoms with Crippen LogP contribution < -0.4 is 29.6 Å². The zero-order valence-electron chi connectivity index (χ0n) is 15.3. The van der Waals surface area contributed by atoms with Gasteiger partial charge >= 0.3 is 0 Å². The first-order valence-electron chi connectivity index (χ1n) is 7.59. The fourth-order valence-corrected chi connectivity index (χ4v) is 2.63. The first-order chi connectivity index (χ1) is 12.4. The van der Waals surface area contributed by atoms with Crippen molar-refractivity contribution in [2.24, 2.45) is 0 Å². The standard InChI is InChI=1S/C18H21ClN2O5/c1-21(10-6-15(24-3)17(26-5)16(7-10)25-4)18(22)11-8-12(19)13(20)9-14(11)23-2/h6-9H,20H2,1-5H3. The number of halogens is 1. The molecule has 0 saturated carbocycles. The number of carbonyl (C=O) groups is 1. The molecule has 2 aromatic carbocycles. The van der Waals surface area contributed by atoms with Crippen molar-refractivity contribution in [1.82, 2.24) is 0 Å². The van der Waals surface area contributed by atoms with Gasteiger partial charge in [0.25, 0.3) is 5.91 Å². The lowest BCUT2D eigenvalue weighted by molar-refractivity contribution is 0.0990. The van der Waals surface area contributed by atoms with Crippen LogP contribution in [0.25, 0.3) is 0 Å². The van der Waals surface area contributed by atoms with Gasteiger partial charge in [-0.3, -0.25) is 4.79 Å². The maximum Gasteiger partial charge on any atom is 0.261 e. The number of rotatable bonds is 6. The summed E-state index contributed by atoms with van der Waals surface area (Å²) < 4.78 is 21.2. The Kier molecular flexibility index (Phi) is 6.05. The quantitative estimate of drug-likeness (QED) is 0.774. The minimum atomic E-state index is -0.335. The summed E-state index contributed by atoms with van der Waals surface area (Å²) in [5, 5.41) is 0.271. The molecule has 8 heteroatoms. The van der Waals surface area contributed by atoms with E-state index < -0.39 is 0 Å². The van der Waals surface area contributed by atoms with Gasteiger partial charge in [-0.25, -0.2) is 0 Å². The molecule has 2 aromatic rings. The number of nitrogens with zero attached hydrogens (tertiary/aromatic N) is 1. The van der Waals surface area contributed by atoms with Gasteiger partial charge in [0, 0.05) is 25.2 Å². The first kappa shape index (κ1) is 19.5. The van der Waals surface area contributed by atoms with Gasteiger partial charge in [0.15, 0.2) is 11.5 Å². The van der Waals surface area contributed by atoms with Crippen molar-refractivity contribution in [3.8, 4) is 23.0 Å². The van der Waals surface area contributed by atoms with E-state index in [1.54, 1.807) is 19.2 Å². The molecule has 1 amide bonds. The molecule has 0 bridgehead atoms. The van der Waals surface area contributed by atoms with Gasteiger partial charge in [-0.15, -0.1) is 0 Å². The van der Waals surface area contributed by atoms with Gasteiger partial charge in [0.1, 0.15) is 5.75 Å². The van der Waals surface area contributed by atoms with Crippen LogP contribution >= 0.6 is 11.6 Å². The molecule has 0 aromatic heterocycles. The van der Waals surface area contributed by atoms with Gasteiger partial charge in [0.05, 0.1) is 50.4 Å². The molecule has 0 heterocycles. The van der Waals surface area contributed by atoms with Crippen LogP contribution in [-0.4, -0.2) is 41.4 Å². The number of carbonyl (C=O) groups excluding carboxylic acids is 1. The molecule has 0 aliphatic carbocycles. The molecule has 140 valence electrons. The molecule has 0 fully saturated rings. The van der Waals surface area contributed by atoms with Crippen LogP contribution in [0.1, 0.15) is 10.4 Å². The van der Waals surface area contributed by atoms with E-state index in [4.69, 9.17) is 36.3 Å². The summed E-state index contributed by atoms with van der Waals surface area (Å²) in [4.78, 5) is 14.4. The largest absolute Gasteiger partial charge is 0.496 e. The lowest BCUT2D eigenvalue weighted by Gasteiger charge is -2.22. The summed E-state index contributed by atoms with van der Waals surface area (Å²) in [5.41, 5.74) is 6.93. The third-order valence-electron chi connectivity index (χ3n) is 3.89. The second-order valence-electron chi connectivity index (χ2n) is 5.32. The van der Waals surface area contributed by atoms with Crippen LogP contribution in [0.3, 0.4) is 0 Å². The van der Waals surface area contributed by atoms with E-state index >= 15 is 0 Å². The predicted octanol–water partition coefficient (Wildman–Crippen LogP) is 3.23. The number of hydrogen-bond donors (Lipinski definition) is 1. The number of nitrogens with two attached hydrogens (primary N) is 1. The van der Waals surface area contributed by atoms with Crippen LogP contribution in [0.5, 0.6) is 23.0 Å². The molecule has 0 unspecified atom stereocenters. The predicted molar refractivity (Wildman–Crippen MR) is 101 cm³/mol. The summed E-state index contributed by atoms with van der Waals surface area (Å²) in [6.45, 7) is 0. The molecular weight excluding hydrogens is 360 g/mol. The second-order valence-corrected chi connectivity index (χ2v) is 5.73. The normalized spacial score (nSPS) is 10.2. The molecule has 0 aliphatic rings. The van der Waals surface area contributed by atoms with Crippen molar-refractivity contribution in [1.29, 1.82) is 0 Å². The molecule has 7 nitrogen and oxygen atoms in total. The Balaban J connectivity index is 2.51. The van der Waals surface area contributed by atoms with E-state index in [1.165, 1.54) is 45.5 Å². The highest BCUT2D eigenvalue weighted by molar-refractivity contribution is 6.33. The summed E-state index contributed by atoms with van der Waals surface area (Å²) >= 11 is 6.06. The van der Waals surface area contributed by atoms with E-state index in [-0.39, 0.29) is 16.5 Å². The zero-order chi connectivity index (χ0) is 19.4. The van der Waals surface area contributed by atoms with Gasteiger partial charge in [-0.2, -0.15) is 0 Å². The smallest absolute Gasteiger partial charge is 0.261 e. The molecule has 2 rings (SSSR count). The first-order valence-corrected chi connectivity index (χ1v) is 7.96. The molecular formula is C18H21ClN2O5. The fourth-order valence-electron chi connectivity index (χ4n) is 2.46. The third-order valence-corrected chi connectivity index (χ3v) is 4.22. The molecule has 0 saturated heterocycles. The van der Waals surface area contributed by atoms with E-state index in [0.29, 0.717) is 34.4 Å². The van der Waals surface area contributed by atoms with Crippen LogP contribution in [0.4, 0.5) is 11.4 Å². The van der Waals surface area contributed by atoms with Gasteiger partial charge in [-0.05, 0) is 6.07 Å². The maximum atomic E-state index is 13.0. The van der Waals surface area contributed by atoms with Crippen molar-refractivity contribution in [3.05, 3.63) is 34.9 Å². The second kappa shape index (κ2) is 8.05. The highest BCUT2D eigenvalue weighted by Gasteiger charge is 2.22.